The molecule has 11 rings (SSSR count). The summed E-state index contributed by atoms with van der Waals surface area (Å²) in [6.45, 7) is 0. The van der Waals surface area contributed by atoms with Crippen LogP contribution in [0.4, 0.5) is 0 Å². The van der Waals surface area contributed by atoms with Crippen molar-refractivity contribution in [2.75, 3.05) is 0 Å². The van der Waals surface area contributed by atoms with Gasteiger partial charge in [-0.05, 0) is 60.2 Å². The second-order valence-electron chi connectivity index (χ2n) is 14.1. The summed E-state index contributed by atoms with van der Waals surface area (Å²) in [5, 5.41) is 4.90. The average Bonchev–Trinajstić information content (AvgIpc) is 3.80. The van der Waals surface area contributed by atoms with E-state index in [1.54, 1.807) is 0 Å². The molecule has 0 atom stereocenters. The van der Waals surface area contributed by atoms with Gasteiger partial charge in [-0.3, -0.25) is 4.98 Å². The topological polar surface area (TPSA) is 48.5 Å². The number of pyridine rings is 1. The number of aromatic nitrogens is 5. The van der Waals surface area contributed by atoms with E-state index in [2.05, 4.69) is 161 Å². The average molecular weight is 716 g/mol. The Morgan fingerprint density at radius 3 is 1.21 bits per heavy atom. The lowest BCUT2D eigenvalue weighted by atomic mass is 10.0. The standard InChI is InChI=1S/C51H33N5/c1-3-15-34(16-4-1)45-31-46(54-51(53-45)35-17-5-2-6-18-35)38-27-37(32-52-33-38)36-28-39(55-47-23-11-7-19-41(47)42-20-8-12-24-48(42)55)30-40(29-36)56-49-25-13-9-21-43(49)44-22-10-14-26-50(44)56/h1-33H. The van der Waals surface area contributed by atoms with Crippen LogP contribution in [0.25, 0.3) is 100 Å². The second-order valence-corrected chi connectivity index (χ2v) is 14.1. The molecular weight excluding hydrogens is 683 g/mol. The number of hydrogen-bond donors (Lipinski definition) is 0. The van der Waals surface area contributed by atoms with Crippen molar-refractivity contribution in [3.63, 3.8) is 0 Å². The SMILES string of the molecule is c1ccc(-c2cc(-c3cncc(-c4cc(-n5c6ccccc6c6ccccc65)cc(-n5c6ccccc6c6ccccc65)c4)c3)nc(-c3ccccc3)n2)cc1. The van der Waals surface area contributed by atoms with Crippen LogP contribution in [0.2, 0.25) is 0 Å². The molecule has 5 nitrogen and oxygen atoms in total. The van der Waals surface area contributed by atoms with E-state index in [0.29, 0.717) is 5.82 Å². The van der Waals surface area contributed by atoms with Crippen LogP contribution < -0.4 is 0 Å². The summed E-state index contributed by atoms with van der Waals surface area (Å²) in [5.41, 5.74) is 13.4. The Labute approximate surface area is 323 Å². The first kappa shape index (κ1) is 31.9. The van der Waals surface area contributed by atoms with Gasteiger partial charge < -0.3 is 9.13 Å². The largest absolute Gasteiger partial charge is 0.309 e. The number of para-hydroxylation sites is 4. The minimum atomic E-state index is 0.675. The summed E-state index contributed by atoms with van der Waals surface area (Å²) >= 11 is 0. The molecule has 262 valence electrons. The van der Waals surface area contributed by atoms with Crippen LogP contribution >= 0.6 is 0 Å². The van der Waals surface area contributed by atoms with Crippen molar-refractivity contribution in [1.29, 1.82) is 0 Å². The predicted molar refractivity (Wildman–Crippen MR) is 230 cm³/mol. The van der Waals surface area contributed by atoms with Gasteiger partial charge in [-0.25, -0.2) is 9.97 Å². The van der Waals surface area contributed by atoms with E-state index in [1.165, 1.54) is 21.5 Å². The molecule has 0 aliphatic heterocycles. The molecule has 0 saturated carbocycles. The molecule has 5 heteroatoms. The number of benzene rings is 7. The highest BCUT2D eigenvalue weighted by Crippen LogP contribution is 2.38. The molecule has 0 aliphatic carbocycles. The van der Waals surface area contributed by atoms with Crippen LogP contribution in [-0.2, 0) is 0 Å². The minimum absolute atomic E-state index is 0.675. The van der Waals surface area contributed by atoms with Crippen LogP contribution in [0.3, 0.4) is 0 Å². The third-order valence-electron chi connectivity index (χ3n) is 10.8. The maximum Gasteiger partial charge on any atom is 0.160 e. The van der Waals surface area contributed by atoms with Crippen molar-refractivity contribution >= 4 is 43.6 Å². The summed E-state index contributed by atoms with van der Waals surface area (Å²) in [6.07, 6.45) is 3.86. The van der Waals surface area contributed by atoms with Gasteiger partial charge in [0.05, 0.1) is 33.5 Å². The van der Waals surface area contributed by atoms with Gasteiger partial charge in [0.15, 0.2) is 5.82 Å². The van der Waals surface area contributed by atoms with Crippen LogP contribution in [0.1, 0.15) is 0 Å². The lowest BCUT2D eigenvalue weighted by Crippen LogP contribution is -2.00. The first-order chi connectivity index (χ1) is 27.8. The van der Waals surface area contributed by atoms with Crippen molar-refractivity contribution in [1.82, 2.24) is 24.1 Å². The first-order valence-corrected chi connectivity index (χ1v) is 18.8. The molecule has 0 radical (unpaired) electrons. The molecule has 7 aromatic carbocycles. The fourth-order valence-corrected chi connectivity index (χ4v) is 8.23. The fourth-order valence-electron chi connectivity index (χ4n) is 8.23. The highest BCUT2D eigenvalue weighted by atomic mass is 15.0. The zero-order valence-corrected chi connectivity index (χ0v) is 30.3. The summed E-state index contributed by atoms with van der Waals surface area (Å²) in [4.78, 5) is 15.0. The molecule has 4 aromatic heterocycles. The van der Waals surface area contributed by atoms with Crippen molar-refractivity contribution in [3.05, 3.63) is 200 Å². The van der Waals surface area contributed by atoms with E-state index >= 15 is 0 Å². The predicted octanol–water partition coefficient (Wildman–Crippen LogP) is 12.7. The quantitative estimate of drug-likeness (QED) is 0.172. The number of fused-ring (bicyclic) bond motifs is 6. The van der Waals surface area contributed by atoms with E-state index in [9.17, 15) is 0 Å². The Morgan fingerprint density at radius 1 is 0.304 bits per heavy atom. The summed E-state index contributed by atoms with van der Waals surface area (Å²) in [6, 6.07) is 66.3. The van der Waals surface area contributed by atoms with E-state index in [1.807, 2.05) is 48.8 Å². The first-order valence-electron chi connectivity index (χ1n) is 18.8. The van der Waals surface area contributed by atoms with Crippen molar-refractivity contribution in [3.8, 4) is 56.4 Å². The van der Waals surface area contributed by atoms with Gasteiger partial charge in [-0.1, -0.05) is 133 Å². The molecule has 0 N–H and O–H groups in total. The normalized spacial score (nSPS) is 11.6. The van der Waals surface area contributed by atoms with Crippen LogP contribution in [0.5, 0.6) is 0 Å². The van der Waals surface area contributed by atoms with Crippen molar-refractivity contribution in [2.24, 2.45) is 0 Å². The van der Waals surface area contributed by atoms with Gasteiger partial charge in [-0.2, -0.15) is 0 Å². The Morgan fingerprint density at radius 2 is 0.714 bits per heavy atom. The van der Waals surface area contributed by atoms with Gasteiger partial charge in [0.25, 0.3) is 0 Å². The molecule has 0 amide bonds. The number of rotatable bonds is 6. The van der Waals surface area contributed by atoms with Gasteiger partial charge >= 0.3 is 0 Å². The summed E-state index contributed by atoms with van der Waals surface area (Å²) in [5.74, 6) is 0.675. The molecule has 0 bridgehead atoms. The molecule has 0 spiro atoms. The Hall–Kier alpha value is -7.63. The van der Waals surface area contributed by atoms with Crippen molar-refractivity contribution < 1.29 is 0 Å². The molecule has 11 aromatic rings. The summed E-state index contributed by atoms with van der Waals surface area (Å²) in [7, 11) is 0. The lowest BCUT2D eigenvalue weighted by molar-refractivity contribution is 1.13. The monoisotopic (exact) mass is 715 g/mol. The van der Waals surface area contributed by atoms with E-state index in [4.69, 9.17) is 15.0 Å². The van der Waals surface area contributed by atoms with Gasteiger partial charge in [0, 0.05) is 67.6 Å². The smallest absolute Gasteiger partial charge is 0.160 e. The molecular formula is C51H33N5. The zero-order valence-electron chi connectivity index (χ0n) is 30.3. The van der Waals surface area contributed by atoms with E-state index in [-0.39, 0.29) is 0 Å². The zero-order chi connectivity index (χ0) is 37.0. The van der Waals surface area contributed by atoms with E-state index in [0.717, 1.165) is 72.6 Å². The molecule has 0 unspecified atom stereocenters. The van der Waals surface area contributed by atoms with Crippen LogP contribution in [0, 0.1) is 0 Å². The second kappa shape index (κ2) is 13.0. The Bertz CT molecular complexity index is 2950. The van der Waals surface area contributed by atoms with Crippen molar-refractivity contribution in [2.45, 2.75) is 0 Å². The fraction of sp³-hybridized carbons (Fsp3) is 0. The van der Waals surface area contributed by atoms with Crippen LogP contribution in [-0.4, -0.2) is 24.1 Å². The summed E-state index contributed by atoms with van der Waals surface area (Å²) < 4.78 is 4.79. The molecule has 0 saturated heterocycles. The third-order valence-corrected chi connectivity index (χ3v) is 10.8. The van der Waals surface area contributed by atoms with Gasteiger partial charge in [-0.15, -0.1) is 0 Å². The van der Waals surface area contributed by atoms with Crippen LogP contribution in [0.15, 0.2) is 200 Å². The third kappa shape index (κ3) is 5.29. The van der Waals surface area contributed by atoms with Gasteiger partial charge in [0.1, 0.15) is 0 Å². The minimum Gasteiger partial charge on any atom is -0.309 e. The Kier molecular flexibility index (Phi) is 7.42. The van der Waals surface area contributed by atoms with E-state index < -0.39 is 0 Å². The molecule has 0 aliphatic rings. The van der Waals surface area contributed by atoms with Gasteiger partial charge in [0.2, 0.25) is 0 Å². The highest BCUT2D eigenvalue weighted by Gasteiger charge is 2.18. The Balaban J connectivity index is 1.16. The molecule has 4 heterocycles. The maximum atomic E-state index is 5.13. The molecule has 56 heavy (non-hydrogen) atoms. The number of nitrogens with zero attached hydrogens (tertiary/aromatic N) is 5. The maximum absolute atomic E-state index is 5.13. The highest BCUT2D eigenvalue weighted by molar-refractivity contribution is 6.10. The lowest BCUT2D eigenvalue weighted by Gasteiger charge is -2.16. The number of hydrogen-bond acceptors (Lipinski definition) is 3. The molecule has 0 fully saturated rings.